The van der Waals surface area contributed by atoms with E-state index in [1.807, 2.05) is 6.07 Å². The topological polar surface area (TPSA) is 83.1 Å². The molecule has 0 saturated carbocycles. The molecule has 1 aliphatic rings. The van der Waals surface area contributed by atoms with Gasteiger partial charge in [-0.15, -0.1) is 0 Å². The normalized spacial score (nSPS) is 14.3. The Kier molecular flexibility index (Phi) is 8.93. The van der Waals surface area contributed by atoms with Gasteiger partial charge in [-0.2, -0.15) is 0 Å². The van der Waals surface area contributed by atoms with Crippen molar-refractivity contribution in [3.8, 4) is 0 Å². The third-order valence-electron chi connectivity index (χ3n) is 6.86. The number of anilines is 2. The fraction of sp³-hybridized carbons (Fsp3) is 0.310. The highest BCUT2D eigenvalue weighted by Crippen LogP contribution is 2.32. The molecule has 0 unspecified atom stereocenters. The molecule has 3 aromatic carbocycles. The highest BCUT2D eigenvalue weighted by atomic mass is 32.2. The minimum absolute atomic E-state index is 0.000565. The maximum Gasteiger partial charge on any atom is 0.264 e. The van der Waals surface area contributed by atoms with Crippen molar-refractivity contribution >= 4 is 48.3 Å². The molecule has 8 nitrogen and oxygen atoms in total. The predicted molar refractivity (Wildman–Crippen MR) is 156 cm³/mol. The number of fused-ring (bicyclic) bond motifs is 1. The maximum atomic E-state index is 14.4. The lowest BCUT2D eigenvalue weighted by Crippen LogP contribution is -2.39. The van der Waals surface area contributed by atoms with E-state index in [0.717, 1.165) is 37.0 Å². The first-order valence-electron chi connectivity index (χ1n) is 13.3. The Labute approximate surface area is 241 Å². The molecule has 1 aromatic heterocycles. The third-order valence-corrected chi connectivity index (χ3v) is 9.80. The number of ether oxygens (including phenoxy) is 1. The zero-order valence-corrected chi connectivity index (χ0v) is 24.1. The molecule has 0 atom stereocenters. The van der Waals surface area contributed by atoms with Gasteiger partial charge in [-0.25, -0.2) is 22.2 Å². The number of benzene rings is 3. The molecule has 5 rings (SSSR count). The highest BCUT2D eigenvalue weighted by molar-refractivity contribution is 7.92. The molecule has 0 N–H and O–H groups in total. The van der Waals surface area contributed by atoms with E-state index in [4.69, 9.17) is 4.74 Å². The van der Waals surface area contributed by atoms with Crippen molar-refractivity contribution < 1.29 is 26.7 Å². The van der Waals surface area contributed by atoms with E-state index in [1.165, 1.54) is 39.5 Å². The second-order valence-corrected chi connectivity index (χ2v) is 12.4. The molecule has 12 heteroatoms. The Bertz CT molecular complexity index is 1610. The van der Waals surface area contributed by atoms with Crippen molar-refractivity contribution in [3.05, 3.63) is 83.9 Å². The number of amides is 1. The van der Waals surface area contributed by atoms with Crippen molar-refractivity contribution in [1.82, 2.24) is 9.88 Å². The fourth-order valence-corrected chi connectivity index (χ4v) is 7.26. The second-order valence-electron chi connectivity index (χ2n) is 9.52. The van der Waals surface area contributed by atoms with Crippen LogP contribution in [0.4, 0.5) is 19.6 Å². The van der Waals surface area contributed by atoms with Crippen LogP contribution in [-0.4, -0.2) is 70.1 Å². The smallest absolute Gasteiger partial charge is 0.264 e. The van der Waals surface area contributed by atoms with Crippen molar-refractivity contribution in [2.75, 3.05) is 55.1 Å². The number of carbonyl (C=O) groups excluding carboxylic acids is 1. The largest absolute Gasteiger partial charge is 0.379 e. The SMILES string of the molecule is CCN(c1ccccc1)S(=O)(=O)c1ccc(C(=O)N(CCCN2CCOCC2)c2nc3c(F)cc(F)cc3s2)cc1. The van der Waals surface area contributed by atoms with Gasteiger partial charge in [0.05, 0.1) is 28.5 Å². The molecule has 1 aliphatic heterocycles. The van der Waals surface area contributed by atoms with Crippen LogP contribution in [0.15, 0.2) is 71.6 Å². The summed E-state index contributed by atoms with van der Waals surface area (Å²) in [6.07, 6.45) is 0.619. The van der Waals surface area contributed by atoms with Gasteiger partial charge < -0.3 is 4.74 Å². The van der Waals surface area contributed by atoms with E-state index in [2.05, 4.69) is 9.88 Å². The number of nitrogens with zero attached hydrogens (tertiary/aromatic N) is 4. The van der Waals surface area contributed by atoms with E-state index in [1.54, 1.807) is 31.2 Å². The van der Waals surface area contributed by atoms with E-state index in [9.17, 15) is 22.0 Å². The van der Waals surface area contributed by atoms with Gasteiger partial charge in [0.25, 0.3) is 15.9 Å². The molecule has 0 spiro atoms. The lowest BCUT2D eigenvalue weighted by Gasteiger charge is -2.27. The highest BCUT2D eigenvalue weighted by Gasteiger charge is 2.26. The zero-order valence-electron chi connectivity index (χ0n) is 22.5. The van der Waals surface area contributed by atoms with Crippen molar-refractivity contribution in [3.63, 3.8) is 0 Å². The second kappa shape index (κ2) is 12.6. The molecule has 4 aromatic rings. The van der Waals surface area contributed by atoms with Crippen LogP contribution in [0.25, 0.3) is 10.2 Å². The van der Waals surface area contributed by atoms with Gasteiger partial charge in [0.15, 0.2) is 10.9 Å². The molecule has 1 amide bonds. The van der Waals surface area contributed by atoms with Gasteiger partial charge in [-0.3, -0.25) is 18.9 Å². The lowest BCUT2D eigenvalue weighted by molar-refractivity contribution is 0.0376. The molecule has 0 bridgehead atoms. The average Bonchev–Trinajstić information content (AvgIpc) is 3.40. The van der Waals surface area contributed by atoms with Gasteiger partial charge in [0.2, 0.25) is 0 Å². The van der Waals surface area contributed by atoms with E-state index in [0.29, 0.717) is 30.0 Å². The van der Waals surface area contributed by atoms with E-state index in [-0.39, 0.29) is 34.2 Å². The van der Waals surface area contributed by atoms with E-state index >= 15 is 0 Å². The standard InChI is InChI=1S/C29H30F2N4O4S2/c1-2-35(23-7-4-3-5-8-23)41(37,38)24-11-9-21(10-12-24)28(36)34(14-6-13-33-15-17-39-18-16-33)29-32-27-25(31)19-22(30)20-26(27)40-29/h3-5,7-12,19-20H,2,6,13-18H2,1H3. The monoisotopic (exact) mass is 600 g/mol. The number of aromatic nitrogens is 1. The van der Waals surface area contributed by atoms with Crippen LogP contribution >= 0.6 is 11.3 Å². The summed E-state index contributed by atoms with van der Waals surface area (Å²) in [6, 6.07) is 16.5. The molecule has 1 saturated heterocycles. The number of para-hydroxylation sites is 1. The molecule has 0 aliphatic carbocycles. The summed E-state index contributed by atoms with van der Waals surface area (Å²) in [4.78, 5) is 21.8. The van der Waals surface area contributed by atoms with Crippen LogP contribution in [0, 0.1) is 11.6 Å². The van der Waals surface area contributed by atoms with Crippen molar-refractivity contribution in [2.45, 2.75) is 18.2 Å². The molecule has 216 valence electrons. The van der Waals surface area contributed by atoms with Crippen molar-refractivity contribution in [1.29, 1.82) is 0 Å². The summed E-state index contributed by atoms with van der Waals surface area (Å²) in [5, 5.41) is 0.245. The summed E-state index contributed by atoms with van der Waals surface area (Å²) < 4.78 is 62.1. The van der Waals surface area contributed by atoms with Crippen LogP contribution in [0.1, 0.15) is 23.7 Å². The number of halogens is 2. The summed E-state index contributed by atoms with van der Waals surface area (Å²) in [5.74, 6) is -1.92. The Hall–Kier alpha value is -3.45. The number of carbonyl (C=O) groups is 1. The number of hydrogen-bond acceptors (Lipinski definition) is 7. The number of thiazole rings is 1. The van der Waals surface area contributed by atoms with Crippen molar-refractivity contribution in [2.24, 2.45) is 0 Å². The summed E-state index contributed by atoms with van der Waals surface area (Å²) in [7, 11) is -3.87. The van der Waals surface area contributed by atoms with Gasteiger partial charge in [-0.1, -0.05) is 29.5 Å². The van der Waals surface area contributed by atoms with Crippen LogP contribution in [0.5, 0.6) is 0 Å². The fourth-order valence-electron chi connectivity index (χ4n) is 4.76. The first-order chi connectivity index (χ1) is 19.8. The first-order valence-corrected chi connectivity index (χ1v) is 15.6. The number of rotatable bonds is 10. The minimum Gasteiger partial charge on any atom is -0.379 e. The summed E-state index contributed by atoms with van der Waals surface area (Å²) in [6.45, 7) is 5.91. The lowest BCUT2D eigenvalue weighted by atomic mass is 10.2. The zero-order chi connectivity index (χ0) is 29.0. The predicted octanol–water partition coefficient (Wildman–Crippen LogP) is 5.16. The Morgan fingerprint density at radius 2 is 1.76 bits per heavy atom. The Morgan fingerprint density at radius 3 is 2.44 bits per heavy atom. The Morgan fingerprint density at radius 1 is 1.05 bits per heavy atom. The van der Waals surface area contributed by atoms with Crippen LogP contribution in [0.3, 0.4) is 0 Å². The van der Waals surface area contributed by atoms with Crippen LogP contribution in [0.2, 0.25) is 0 Å². The Balaban J connectivity index is 1.41. The molecule has 41 heavy (non-hydrogen) atoms. The van der Waals surface area contributed by atoms with Crippen LogP contribution < -0.4 is 9.21 Å². The quantitative estimate of drug-likeness (QED) is 0.250. The first kappa shape index (κ1) is 29.1. The summed E-state index contributed by atoms with van der Waals surface area (Å²) >= 11 is 1.03. The van der Waals surface area contributed by atoms with Gasteiger partial charge >= 0.3 is 0 Å². The van der Waals surface area contributed by atoms with Gasteiger partial charge in [0.1, 0.15) is 11.3 Å². The third kappa shape index (κ3) is 6.40. The molecular formula is C29H30F2N4O4S2. The maximum absolute atomic E-state index is 14.4. The molecule has 1 fully saturated rings. The summed E-state index contributed by atoms with van der Waals surface area (Å²) in [5.41, 5.74) is 0.796. The number of sulfonamides is 1. The number of hydrogen-bond donors (Lipinski definition) is 0. The average molecular weight is 601 g/mol. The van der Waals surface area contributed by atoms with Gasteiger partial charge in [-0.05, 0) is 55.8 Å². The molecular weight excluding hydrogens is 570 g/mol. The van der Waals surface area contributed by atoms with Gasteiger partial charge in [0, 0.05) is 44.4 Å². The minimum atomic E-state index is -3.87. The molecule has 0 radical (unpaired) electrons. The van der Waals surface area contributed by atoms with Crippen LogP contribution in [-0.2, 0) is 14.8 Å². The molecule has 2 heterocycles. The van der Waals surface area contributed by atoms with E-state index < -0.39 is 27.6 Å². The number of morpholine rings is 1.